The number of hydrogen-bond donors (Lipinski definition) is 2. The molecule has 28 heavy (non-hydrogen) atoms. The van der Waals surface area contributed by atoms with Crippen LogP contribution in [0.2, 0.25) is 0 Å². The van der Waals surface area contributed by atoms with Gasteiger partial charge in [0.05, 0.1) is 0 Å². The Morgan fingerprint density at radius 1 is 0.714 bits per heavy atom. The van der Waals surface area contributed by atoms with Crippen molar-refractivity contribution in [2.24, 2.45) is 5.10 Å². The third-order valence-corrected chi connectivity index (χ3v) is 3.86. The van der Waals surface area contributed by atoms with Crippen LogP contribution < -0.4 is 10.7 Å². The van der Waals surface area contributed by atoms with Crippen LogP contribution in [0.5, 0.6) is 0 Å². The Morgan fingerprint density at radius 2 is 1.32 bits per heavy atom. The number of carbonyl (C=O) groups is 2. The molecule has 3 aromatic rings. The number of amides is 2. The fourth-order valence-electron chi connectivity index (χ4n) is 2.42. The predicted octanol–water partition coefficient (Wildman–Crippen LogP) is 4.37. The summed E-state index contributed by atoms with van der Waals surface area (Å²) in [6.45, 7) is 0. The van der Waals surface area contributed by atoms with Crippen molar-refractivity contribution in [3.63, 3.8) is 0 Å². The zero-order valence-electron chi connectivity index (χ0n) is 15.1. The molecule has 3 aromatic carbocycles. The van der Waals surface area contributed by atoms with Crippen molar-refractivity contribution in [3.05, 3.63) is 108 Å². The Kier molecular flexibility index (Phi) is 6.47. The highest BCUT2D eigenvalue weighted by atomic mass is 16.2. The van der Waals surface area contributed by atoms with Gasteiger partial charge in [-0.05, 0) is 48.0 Å². The summed E-state index contributed by atoms with van der Waals surface area (Å²) in [5, 5.41) is 6.68. The van der Waals surface area contributed by atoms with E-state index in [0.29, 0.717) is 16.8 Å². The normalized spacial score (nSPS) is 10.9. The molecule has 2 amide bonds. The van der Waals surface area contributed by atoms with Gasteiger partial charge in [0, 0.05) is 23.0 Å². The molecule has 0 spiro atoms. The Bertz CT molecular complexity index is 979. The second kappa shape index (κ2) is 9.64. The number of allylic oxidation sites excluding steroid dienone is 1. The van der Waals surface area contributed by atoms with Crippen LogP contribution in [0.15, 0.2) is 96.1 Å². The smallest absolute Gasteiger partial charge is 0.271 e. The minimum atomic E-state index is -0.328. The molecule has 0 aliphatic rings. The Hall–Kier alpha value is -3.99. The van der Waals surface area contributed by atoms with Crippen molar-refractivity contribution >= 4 is 29.8 Å². The first-order valence-electron chi connectivity index (χ1n) is 8.74. The summed E-state index contributed by atoms with van der Waals surface area (Å²) in [7, 11) is 0. The summed E-state index contributed by atoms with van der Waals surface area (Å²) in [4.78, 5) is 24.2. The first-order chi connectivity index (χ1) is 13.7. The third-order valence-electron chi connectivity index (χ3n) is 3.86. The van der Waals surface area contributed by atoms with E-state index in [0.717, 1.165) is 5.56 Å². The molecule has 0 bridgehead atoms. The van der Waals surface area contributed by atoms with E-state index in [1.165, 1.54) is 6.21 Å². The maximum absolute atomic E-state index is 12.1. The maximum Gasteiger partial charge on any atom is 0.271 e. The van der Waals surface area contributed by atoms with Crippen LogP contribution in [-0.4, -0.2) is 18.0 Å². The lowest BCUT2D eigenvalue weighted by Crippen LogP contribution is -2.17. The number of nitrogens with one attached hydrogen (secondary N) is 2. The Labute approximate surface area is 163 Å². The number of hydrogen-bond acceptors (Lipinski definition) is 3. The summed E-state index contributed by atoms with van der Waals surface area (Å²) >= 11 is 0. The van der Waals surface area contributed by atoms with Gasteiger partial charge >= 0.3 is 0 Å². The number of nitrogens with zero attached hydrogens (tertiary/aromatic N) is 1. The average molecular weight is 369 g/mol. The minimum absolute atomic E-state index is 0.201. The zero-order chi connectivity index (χ0) is 19.6. The number of hydrazone groups is 1. The molecular weight excluding hydrogens is 350 g/mol. The van der Waals surface area contributed by atoms with E-state index in [2.05, 4.69) is 15.8 Å². The van der Waals surface area contributed by atoms with Crippen LogP contribution in [0.3, 0.4) is 0 Å². The van der Waals surface area contributed by atoms with Gasteiger partial charge in [-0.3, -0.25) is 9.59 Å². The topological polar surface area (TPSA) is 70.6 Å². The van der Waals surface area contributed by atoms with Gasteiger partial charge in [-0.25, -0.2) is 5.43 Å². The van der Waals surface area contributed by atoms with Crippen molar-refractivity contribution in [3.8, 4) is 0 Å². The van der Waals surface area contributed by atoms with Crippen LogP contribution in [0, 0.1) is 0 Å². The zero-order valence-corrected chi connectivity index (χ0v) is 15.1. The van der Waals surface area contributed by atoms with Gasteiger partial charge in [0.25, 0.3) is 11.8 Å². The molecule has 0 aromatic heterocycles. The van der Waals surface area contributed by atoms with E-state index < -0.39 is 0 Å². The van der Waals surface area contributed by atoms with Gasteiger partial charge in [0.2, 0.25) is 0 Å². The molecule has 0 fully saturated rings. The second-order valence-electron chi connectivity index (χ2n) is 5.89. The first kappa shape index (κ1) is 18.8. The molecule has 0 atom stereocenters. The van der Waals surface area contributed by atoms with Crippen LogP contribution in [0.1, 0.15) is 26.3 Å². The monoisotopic (exact) mass is 369 g/mol. The minimum Gasteiger partial charge on any atom is -0.322 e. The van der Waals surface area contributed by atoms with Gasteiger partial charge in [0.15, 0.2) is 0 Å². The standard InChI is InChI=1S/C23H19N3O2/c27-22(19-11-5-2-6-12-19)25-21-15-13-20(14-16-21)23(28)26-24-17-7-10-18-8-3-1-4-9-18/h1-17H,(H,25,27)(H,26,28)/b10-7+,24-17+. The molecule has 5 nitrogen and oxygen atoms in total. The summed E-state index contributed by atoms with van der Waals surface area (Å²) in [5.74, 6) is -0.530. The van der Waals surface area contributed by atoms with E-state index in [1.807, 2.05) is 42.5 Å². The highest BCUT2D eigenvalue weighted by molar-refractivity contribution is 6.04. The molecule has 0 aliphatic heterocycles. The molecule has 0 unspecified atom stereocenters. The highest BCUT2D eigenvalue weighted by Gasteiger charge is 2.07. The Balaban J connectivity index is 1.51. The van der Waals surface area contributed by atoms with Crippen molar-refractivity contribution in [2.75, 3.05) is 5.32 Å². The van der Waals surface area contributed by atoms with Crippen molar-refractivity contribution in [1.29, 1.82) is 0 Å². The third kappa shape index (κ3) is 5.51. The van der Waals surface area contributed by atoms with Crippen LogP contribution >= 0.6 is 0 Å². The molecule has 5 heteroatoms. The molecule has 0 aliphatic carbocycles. The van der Waals surface area contributed by atoms with Gasteiger partial charge in [0.1, 0.15) is 0 Å². The SMILES string of the molecule is O=C(N/N=C/C=C/c1ccccc1)c1ccc(NC(=O)c2ccccc2)cc1. The second-order valence-corrected chi connectivity index (χ2v) is 5.89. The highest BCUT2D eigenvalue weighted by Crippen LogP contribution is 2.11. The number of carbonyl (C=O) groups excluding carboxylic acids is 2. The quantitative estimate of drug-likeness (QED) is 0.500. The van der Waals surface area contributed by atoms with Gasteiger partial charge < -0.3 is 5.32 Å². The van der Waals surface area contributed by atoms with Crippen molar-refractivity contribution < 1.29 is 9.59 Å². The van der Waals surface area contributed by atoms with E-state index in [9.17, 15) is 9.59 Å². The summed E-state index contributed by atoms with van der Waals surface area (Å²) in [6, 6.07) is 25.3. The van der Waals surface area contributed by atoms with Crippen LogP contribution in [0.4, 0.5) is 5.69 Å². The fourth-order valence-corrected chi connectivity index (χ4v) is 2.42. The number of benzene rings is 3. The molecule has 138 valence electrons. The molecule has 0 heterocycles. The fraction of sp³-hybridized carbons (Fsp3) is 0. The van der Waals surface area contributed by atoms with E-state index >= 15 is 0 Å². The molecule has 3 rings (SSSR count). The van der Waals surface area contributed by atoms with Crippen molar-refractivity contribution in [2.45, 2.75) is 0 Å². The molecule has 0 saturated heterocycles. The lowest BCUT2D eigenvalue weighted by molar-refractivity contribution is 0.0954. The van der Waals surface area contributed by atoms with E-state index in [1.54, 1.807) is 54.6 Å². The van der Waals surface area contributed by atoms with Crippen LogP contribution in [-0.2, 0) is 0 Å². The first-order valence-corrected chi connectivity index (χ1v) is 8.74. The number of anilines is 1. The molecule has 0 saturated carbocycles. The molecular formula is C23H19N3O2. The largest absolute Gasteiger partial charge is 0.322 e. The van der Waals surface area contributed by atoms with Crippen molar-refractivity contribution in [1.82, 2.24) is 5.43 Å². The van der Waals surface area contributed by atoms with E-state index in [4.69, 9.17) is 0 Å². The lowest BCUT2D eigenvalue weighted by atomic mass is 10.2. The lowest BCUT2D eigenvalue weighted by Gasteiger charge is -2.06. The van der Waals surface area contributed by atoms with E-state index in [-0.39, 0.29) is 11.8 Å². The predicted molar refractivity (Wildman–Crippen MR) is 112 cm³/mol. The summed E-state index contributed by atoms with van der Waals surface area (Å²) in [6.07, 6.45) is 5.15. The van der Waals surface area contributed by atoms with Gasteiger partial charge in [-0.15, -0.1) is 0 Å². The molecule has 2 N–H and O–H groups in total. The molecule has 0 radical (unpaired) electrons. The van der Waals surface area contributed by atoms with Gasteiger partial charge in [-0.1, -0.05) is 54.6 Å². The number of rotatable bonds is 6. The summed E-state index contributed by atoms with van der Waals surface area (Å²) < 4.78 is 0. The van der Waals surface area contributed by atoms with Gasteiger partial charge in [-0.2, -0.15) is 5.10 Å². The Morgan fingerprint density at radius 3 is 2.00 bits per heavy atom. The summed E-state index contributed by atoms with van der Waals surface area (Å²) in [5.41, 5.74) is 5.14. The average Bonchev–Trinajstić information content (AvgIpc) is 2.75. The van der Waals surface area contributed by atoms with Crippen LogP contribution in [0.25, 0.3) is 6.08 Å². The maximum atomic E-state index is 12.1.